The molecular formula is C21H15ClF4O2S. The molecule has 2 aromatic rings. The van der Waals surface area contributed by atoms with Gasteiger partial charge in [0.1, 0.15) is 0 Å². The van der Waals surface area contributed by atoms with Gasteiger partial charge in [0.05, 0.1) is 15.5 Å². The minimum Gasteiger partial charge on any atom is -0.233 e. The molecule has 1 fully saturated rings. The van der Waals surface area contributed by atoms with Crippen LogP contribution in [0.25, 0.3) is 11.1 Å². The van der Waals surface area contributed by atoms with Crippen molar-refractivity contribution in [3.05, 3.63) is 76.3 Å². The average Bonchev–Trinajstić information content (AvgIpc) is 3.32. The number of rotatable bonds is 4. The van der Waals surface area contributed by atoms with Crippen molar-refractivity contribution in [3.8, 4) is 0 Å². The van der Waals surface area contributed by atoms with Crippen molar-refractivity contribution in [2.24, 2.45) is 5.41 Å². The summed E-state index contributed by atoms with van der Waals surface area (Å²) in [6, 6.07) is 8.02. The Bertz CT molecular complexity index is 1140. The summed E-state index contributed by atoms with van der Waals surface area (Å²) in [5.41, 5.74) is 1.33. The first-order chi connectivity index (χ1) is 13.5. The van der Waals surface area contributed by atoms with E-state index >= 15 is 0 Å². The lowest BCUT2D eigenvalue weighted by atomic mass is 9.94. The topological polar surface area (TPSA) is 34.1 Å². The van der Waals surface area contributed by atoms with Crippen LogP contribution in [-0.2, 0) is 16.0 Å². The quantitative estimate of drug-likeness (QED) is 0.519. The average molecular weight is 443 g/mol. The zero-order chi connectivity index (χ0) is 21.0. The summed E-state index contributed by atoms with van der Waals surface area (Å²) in [6.07, 6.45) is 1.18. The van der Waals surface area contributed by atoms with Crippen LogP contribution in [0.3, 0.4) is 0 Å². The van der Waals surface area contributed by atoms with Gasteiger partial charge in [0.15, 0.2) is 6.01 Å². The molecule has 4 rings (SSSR count). The number of sulfone groups is 1. The minimum atomic E-state index is -4.57. The molecule has 2 aromatic carbocycles. The number of benzene rings is 2. The molecule has 2 nitrogen and oxygen atoms in total. The molecule has 2 aliphatic carbocycles. The Hall–Kier alpha value is -2.12. The normalized spacial score (nSPS) is 18.0. The summed E-state index contributed by atoms with van der Waals surface area (Å²) in [4.78, 5) is -0.139. The Morgan fingerprint density at radius 3 is 2.00 bits per heavy atom. The third-order valence-electron chi connectivity index (χ3n) is 5.23. The predicted molar refractivity (Wildman–Crippen MR) is 104 cm³/mol. The van der Waals surface area contributed by atoms with E-state index < -0.39 is 27.6 Å². The predicted octanol–water partition coefficient (Wildman–Crippen LogP) is 6.32. The third-order valence-corrected chi connectivity index (χ3v) is 6.84. The molecule has 0 aromatic heterocycles. The fourth-order valence-electron chi connectivity index (χ4n) is 3.50. The van der Waals surface area contributed by atoms with Gasteiger partial charge in [0.2, 0.25) is 9.84 Å². The minimum absolute atomic E-state index is 0.139. The molecule has 0 radical (unpaired) electrons. The number of hydrogen-bond acceptors (Lipinski definition) is 2. The van der Waals surface area contributed by atoms with E-state index in [9.17, 15) is 26.0 Å². The molecule has 8 heteroatoms. The third kappa shape index (κ3) is 3.73. The lowest BCUT2D eigenvalue weighted by Crippen LogP contribution is -2.06. The molecule has 0 unspecified atom stereocenters. The van der Waals surface area contributed by atoms with Gasteiger partial charge in [-0.2, -0.15) is 13.2 Å². The van der Waals surface area contributed by atoms with E-state index in [1.165, 1.54) is 18.2 Å². The van der Waals surface area contributed by atoms with Gasteiger partial charge in [0.25, 0.3) is 0 Å². The van der Waals surface area contributed by atoms with Gasteiger partial charge in [-0.25, -0.2) is 12.8 Å². The molecule has 0 N–H and O–H groups in total. The second-order valence-corrected chi connectivity index (χ2v) is 9.62. The van der Waals surface area contributed by atoms with Gasteiger partial charge in [-0.1, -0.05) is 42.0 Å². The van der Waals surface area contributed by atoms with Gasteiger partial charge in [-0.3, -0.25) is 0 Å². The molecule has 0 amide bonds. The molecule has 0 heterocycles. The van der Waals surface area contributed by atoms with Crippen molar-refractivity contribution in [2.75, 3.05) is 6.01 Å². The molecule has 1 spiro atoms. The molecule has 1 saturated carbocycles. The SMILES string of the molecule is O=S(=O)(CF)c1ccc(C2=CC3(C=C2c2ccc(Cl)c(C(F)(F)F)c2)CC3)cc1. The Morgan fingerprint density at radius 2 is 1.48 bits per heavy atom. The number of allylic oxidation sites excluding steroid dienone is 4. The molecule has 2 aliphatic rings. The van der Waals surface area contributed by atoms with Crippen LogP contribution in [0, 0.1) is 5.41 Å². The van der Waals surface area contributed by atoms with Crippen molar-refractivity contribution in [3.63, 3.8) is 0 Å². The maximum Gasteiger partial charge on any atom is 0.417 e. The summed E-state index contributed by atoms with van der Waals surface area (Å²) >= 11 is 5.74. The lowest BCUT2D eigenvalue weighted by Gasteiger charge is -2.14. The highest BCUT2D eigenvalue weighted by molar-refractivity contribution is 7.91. The maximum absolute atomic E-state index is 13.3. The van der Waals surface area contributed by atoms with Gasteiger partial charge in [-0.05, 0) is 59.4 Å². The first kappa shape index (κ1) is 20.2. The van der Waals surface area contributed by atoms with Crippen molar-refractivity contribution < 1.29 is 26.0 Å². The smallest absolute Gasteiger partial charge is 0.233 e. The van der Waals surface area contributed by atoms with Crippen LogP contribution in [0.4, 0.5) is 17.6 Å². The fraction of sp³-hybridized carbons (Fsp3) is 0.238. The first-order valence-corrected chi connectivity index (χ1v) is 10.8. The number of alkyl halides is 4. The molecule has 152 valence electrons. The van der Waals surface area contributed by atoms with E-state index in [4.69, 9.17) is 11.6 Å². The van der Waals surface area contributed by atoms with Crippen LogP contribution in [0.15, 0.2) is 59.5 Å². The maximum atomic E-state index is 13.3. The molecule has 29 heavy (non-hydrogen) atoms. The molecule has 0 atom stereocenters. The van der Waals surface area contributed by atoms with Gasteiger partial charge in [0, 0.05) is 5.41 Å². The van der Waals surface area contributed by atoms with E-state index in [0.29, 0.717) is 16.7 Å². The van der Waals surface area contributed by atoms with Crippen LogP contribution in [0.1, 0.15) is 29.5 Å². The Kier molecular flexibility index (Phi) is 4.66. The number of halogens is 5. The monoisotopic (exact) mass is 442 g/mol. The Balaban J connectivity index is 1.77. The molecule has 0 aliphatic heterocycles. The largest absolute Gasteiger partial charge is 0.417 e. The summed E-state index contributed by atoms with van der Waals surface area (Å²) in [7, 11) is -3.98. The lowest BCUT2D eigenvalue weighted by molar-refractivity contribution is -0.137. The summed E-state index contributed by atoms with van der Waals surface area (Å²) < 4.78 is 75.9. The van der Waals surface area contributed by atoms with E-state index in [0.717, 1.165) is 24.5 Å². The van der Waals surface area contributed by atoms with Crippen molar-refractivity contribution in [1.29, 1.82) is 0 Å². The highest BCUT2D eigenvalue weighted by atomic mass is 35.5. The van der Waals surface area contributed by atoms with Gasteiger partial charge < -0.3 is 0 Å². The first-order valence-electron chi connectivity index (χ1n) is 8.77. The standard InChI is InChI=1S/C21H15ClF4O2S/c22-19-6-3-14(9-18(19)21(24,25)26)17-11-20(7-8-20)10-16(17)13-1-4-15(5-2-13)29(27,28)12-23/h1-6,9-11H,7-8,12H2. The highest BCUT2D eigenvalue weighted by Crippen LogP contribution is 2.58. The van der Waals surface area contributed by atoms with Gasteiger partial charge >= 0.3 is 6.18 Å². The van der Waals surface area contributed by atoms with Crippen LogP contribution in [-0.4, -0.2) is 14.4 Å². The molecule has 0 bridgehead atoms. The summed E-state index contributed by atoms with van der Waals surface area (Å²) in [5.74, 6) is 0. The number of hydrogen-bond donors (Lipinski definition) is 0. The van der Waals surface area contributed by atoms with E-state index in [1.807, 2.05) is 12.2 Å². The van der Waals surface area contributed by atoms with Crippen LogP contribution in [0.5, 0.6) is 0 Å². The van der Waals surface area contributed by atoms with Crippen molar-refractivity contribution in [1.82, 2.24) is 0 Å². The molecular weight excluding hydrogens is 428 g/mol. The van der Waals surface area contributed by atoms with Crippen LogP contribution in [0.2, 0.25) is 5.02 Å². The van der Waals surface area contributed by atoms with Gasteiger partial charge in [-0.15, -0.1) is 0 Å². The fourth-order valence-corrected chi connectivity index (χ4v) is 4.40. The summed E-state index contributed by atoms with van der Waals surface area (Å²) in [5, 5.41) is -0.368. The van der Waals surface area contributed by atoms with E-state index in [1.54, 1.807) is 18.2 Å². The van der Waals surface area contributed by atoms with E-state index in [2.05, 4.69) is 0 Å². The van der Waals surface area contributed by atoms with Crippen LogP contribution < -0.4 is 0 Å². The summed E-state index contributed by atoms with van der Waals surface area (Å²) in [6.45, 7) is 0. The van der Waals surface area contributed by atoms with Crippen molar-refractivity contribution in [2.45, 2.75) is 23.9 Å². The van der Waals surface area contributed by atoms with E-state index in [-0.39, 0.29) is 15.3 Å². The second kappa shape index (κ2) is 6.71. The highest BCUT2D eigenvalue weighted by Gasteiger charge is 2.43. The van der Waals surface area contributed by atoms with Crippen LogP contribution >= 0.6 is 11.6 Å². The Morgan fingerprint density at radius 1 is 0.931 bits per heavy atom. The molecule has 0 saturated heterocycles. The zero-order valence-corrected chi connectivity index (χ0v) is 16.5. The van der Waals surface area contributed by atoms with Crippen molar-refractivity contribution >= 4 is 32.6 Å². The Labute approximate surface area is 170 Å². The zero-order valence-electron chi connectivity index (χ0n) is 14.9. The second-order valence-electron chi connectivity index (χ2n) is 7.29.